The van der Waals surface area contributed by atoms with Gasteiger partial charge in [-0.3, -0.25) is 9.59 Å². The number of carbonyl (C=O) groups excluding carboxylic acids is 2. The molecule has 36 heavy (non-hydrogen) atoms. The molecular formula is C28H36O6S2. The predicted octanol–water partition coefficient (Wildman–Crippen LogP) is 5.97. The summed E-state index contributed by atoms with van der Waals surface area (Å²) in [6, 6.07) is 15.0. The van der Waals surface area contributed by atoms with Crippen molar-refractivity contribution < 1.29 is 28.5 Å². The van der Waals surface area contributed by atoms with Crippen LogP contribution < -0.4 is 9.47 Å². The van der Waals surface area contributed by atoms with Crippen molar-refractivity contribution in [1.82, 2.24) is 0 Å². The fourth-order valence-electron chi connectivity index (χ4n) is 3.97. The maximum Gasteiger partial charge on any atom is 0.314 e. The molecule has 2 aromatic rings. The van der Waals surface area contributed by atoms with Crippen LogP contribution in [0.2, 0.25) is 0 Å². The van der Waals surface area contributed by atoms with Gasteiger partial charge in [0.15, 0.2) is 0 Å². The molecular weight excluding hydrogens is 496 g/mol. The Labute approximate surface area is 223 Å². The van der Waals surface area contributed by atoms with Crippen LogP contribution in [0.4, 0.5) is 0 Å². The zero-order chi connectivity index (χ0) is 25.6. The van der Waals surface area contributed by atoms with Gasteiger partial charge in [-0.15, -0.1) is 11.8 Å². The molecule has 0 unspecified atom stereocenters. The minimum absolute atomic E-state index is 0.195. The maximum atomic E-state index is 12.6. The second kappa shape index (κ2) is 16.0. The molecule has 1 fully saturated rings. The number of hydrogen-bond acceptors (Lipinski definition) is 8. The van der Waals surface area contributed by atoms with Crippen molar-refractivity contribution in [1.29, 1.82) is 0 Å². The maximum absolute atomic E-state index is 12.6. The van der Waals surface area contributed by atoms with Crippen molar-refractivity contribution in [2.24, 2.45) is 11.8 Å². The highest BCUT2D eigenvalue weighted by Gasteiger charge is 2.32. The summed E-state index contributed by atoms with van der Waals surface area (Å²) in [5, 5.41) is 0. The number of ether oxygens (including phenoxy) is 4. The Balaban J connectivity index is 1.37. The summed E-state index contributed by atoms with van der Waals surface area (Å²) in [4.78, 5) is 26.4. The second-order valence-electron chi connectivity index (χ2n) is 8.83. The summed E-state index contributed by atoms with van der Waals surface area (Å²) >= 11 is 5.92. The quantitative estimate of drug-likeness (QED) is 0.106. The Morgan fingerprint density at radius 2 is 1.39 bits per heavy atom. The lowest BCUT2D eigenvalue weighted by Gasteiger charge is -2.25. The van der Waals surface area contributed by atoms with Crippen LogP contribution >= 0.6 is 24.4 Å². The first-order chi connectivity index (χ1) is 17.6. The zero-order valence-electron chi connectivity index (χ0n) is 20.9. The molecule has 0 atom stereocenters. The summed E-state index contributed by atoms with van der Waals surface area (Å²) in [6.45, 7) is 1.96. The van der Waals surface area contributed by atoms with E-state index in [1.165, 1.54) is 0 Å². The molecule has 1 aliphatic rings. The summed E-state index contributed by atoms with van der Waals surface area (Å²) in [5.41, 5.74) is 1.03. The van der Waals surface area contributed by atoms with Gasteiger partial charge in [-0.05, 0) is 86.2 Å². The first kappa shape index (κ1) is 28.6. The van der Waals surface area contributed by atoms with E-state index in [2.05, 4.69) is 12.6 Å². The van der Waals surface area contributed by atoms with E-state index in [1.807, 2.05) is 36.4 Å². The van der Waals surface area contributed by atoms with E-state index in [0.717, 1.165) is 41.4 Å². The van der Waals surface area contributed by atoms with Gasteiger partial charge in [-0.2, -0.15) is 12.6 Å². The molecule has 0 bridgehead atoms. The molecule has 0 saturated heterocycles. The Bertz CT molecular complexity index is 847. The smallest absolute Gasteiger partial charge is 0.314 e. The van der Waals surface area contributed by atoms with Crippen molar-refractivity contribution in [3.63, 3.8) is 0 Å². The average molecular weight is 533 g/mol. The SMILES string of the molecule is COCCCSc1ccc(OC(=O)C2CCC(C(=O)Oc3ccc(COCCCS)cc3)CC2)cc1. The van der Waals surface area contributed by atoms with Crippen molar-refractivity contribution in [3.05, 3.63) is 54.1 Å². The van der Waals surface area contributed by atoms with E-state index in [1.54, 1.807) is 31.0 Å². The van der Waals surface area contributed by atoms with E-state index in [4.69, 9.17) is 18.9 Å². The molecule has 0 aromatic heterocycles. The van der Waals surface area contributed by atoms with Gasteiger partial charge < -0.3 is 18.9 Å². The van der Waals surface area contributed by atoms with Crippen LogP contribution in [-0.2, 0) is 25.7 Å². The molecule has 2 aromatic carbocycles. The number of rotatable bonds is 14. The van der Waals surface area contributed by atoms with Crippen LogP contribution in [0.1, 0.15) is 44.1 Å². The van der Waals surface area contributed by atoms with Crippen LogP contribution in [0, 0.1) is 11.8 Å². The lowest BCUT2D eigenvalue weighted by molar-refractivity contribution is -0.145. The Morgan fingerprint density at radius 1 is 0.833 bits per heavy atom. The molecule has 0 heterocycles. The number of methoxy groups -OCH3 is 1. The van der Waals surface area contributed by atoms with Gasteiger partial charge in [0.1, 0.15) is 11.5 Å². The van der Waals surface area contributed by atoms with Crippen LogP contribution in [0.5, 0.6) is 11.5 Å². The first-order valence-corrected chi connectivity index (χ1v) is 14.1. The molecule has 8 heteroatoms. The highest BCUT2D eigenvalue weighted by molar-refractivity contribution is 7.99. The van der Waals surface area contributed by atoms with Crippen LogP contribution in [0.25, 0.3) is 0 Å². The van der Waals surface area contributed by atoms with Crippen LogP contribution in [0.15, 0.2) is 53.4 Å². The van der Waals surface area contributed by atoms with Gasteiger partial charge in [0, 0.05) is 31.0 Å². The van der Waals surface area contributed by atoms with Gasteiger partial charge in [0.25, 0.3) is 0 Å². The third-order valence-electron chi connectivity index (χ3n) is 6.05. The summed E-state index contributed by atoms with van der Waals surface area (Å²) in [5.74, 6) is 2.01. The highest BCUT2D eigenvalue weighted by Crippen LogP contribution is 2.32. The zero-order valence-corrected chi connectivity index (χ0v) is 22.6. The number of thiol groups is 1. The number of benzene rings is 2. The van der Waals surface area contributed by atoms with Gasteiger partial charge in [0.05, 0.1) is 18.4 Å². The second-order valence-corrected chi connectivity index (χ2v) is 10.4. The molecule has 0 spiro atoms. The lowest BCUT2D eigenvalue weighted by Crippen LogP contribution is -2.30. The molecule has 0 N–H and O–H groups in total. The van der Waals surface area contributed by atoms with Crippen molar-refractivity contribution >= 4 is 36.3 Å². The average Bonchev–Trinajstić information content (AvgIpc) is 2.91. The fraction of sp³-hybridized carbons (Fsp3) is 0.500. The number of esters is 2. The third-order valence-corrected chi connectivity index (χ3v) is 7.47. The van der Waals surface area contributed by atoms with Crippen molar-refractivity contribution in [3.8, 4) is 11.5 Å². The van der Waals surface area contributed by atoms with E-state index in [9.17, 15) is 9.59 Å². The molecule has 0 radical (unpaired) electrons. The fourth-order valence-corrected chi connectivity index (χ4v) is 4.93. The summed E-state index contributed by atoms with van der Waals surface area (Å²) in [7, 11) is 1.70. The minimum atomic E-state index is -0.238. The first-order valence-electron chi connectivity index (χ1n) is 12.5. The molecule has 1 aliphatic carbocycles. The molecule has 0 amide bonds. The number of thioether (sulfide) groups is 1. The van der Waals surface area contributed by atoms with Gasteiger partial charge in [0.2, 0.25) is 0 Å². The predicted molar refractivity (Wildman–Crippen MR) is 145 cm³/mol. The number of hydrogen-bond donors (Lipinski definition) is 1. The van der Waals surface area contributed by atoms with E-state index < -0.39 is 0 Å². The molecule has 1 saturated carbocycles. The van der Waals surface area contributed by atoms with Crippen LogP contribution in [-0.4, -0.2) is 43.8 Å². The highest BCUT2D eigenvalue weighted by atomic mass is 32.2. The topological polar surface area (TPSA) is 71.1 Å². The largest absolute Gasteiger partial charge is 0.426 e. The Kier molecular flexibility index (Phi) is 12.7. The number of carbonyl (C=O) groups is 2. The third kappa shape index (κ3) is 9.81. The molecule has 196 valence electrons. The van der Waals surface area contributed by atoms with Gasteiger partial charge in [-0.1, -0.05) is 12.1 Å². The Hall–Kier alpha value is -2.00. The van der Waals surface area contributed by atoms with E-state index in [0.29, 0.717) is 50.4 Å². The molecule has 0 aliphatic heterocycles. The summed E-state index contributed by atoms with van der Waals surface area (Å²) in [6.07, 6.45) is 4.39. The Morgan fingerprint density at radius 3 is 1.92 bits per heavy atom. The van der Waals surface area contributed by atoms with Crippen LogP contribution in [0.3, 0.4) is 0 Å². The lowest BCUT2D eigenvalue weighted by atomic mass is 9.82. The monoisotopic (exact) mass is 532 g/mol. The van der Waals surface area contributed by atoms with Gasteiger partial charge >= 0.3 is 11.9 Å². The summed E-state index contributed by atoms with van der Waals surface area (Å²) < 4.78 is 21.8. The minimum Gasteiger partial charge on any atom is -0.426 e. The van der Waals surface area contributed by atoms with E-state index in [-0.39, 0.29) is 23.8 Å². The van der Waals surface area contributed by atoms with Gasteiger partial charge in [-0.25, -0.2) is 0 Å². The van der Waals surface area contributed by atoms with E-state index >= 15 is 0 Å². The molecule has 3 rings (SSSR count). The van der Waals surface area contributed by atoms with Crippen molar-refractivity contribution in [2.45, 2.75) is 50.0 Å². The van der Waals surface area contributed by atoms with Crippen molar-refractivity contribution in [2.75, 3.05) is 31.8 Å². The molecule has 6 nitrogen and oxygen atoms in total. The normalized spacial score (nSPS) is 17.5. The standard InChI is InChI=1S/C28H36O6S2/c1-31-16-3-19-36-26-14-12-25(13-15-26)34-28(30)23-8-6-22(7-9-23)27(29)33-24-10-4-21(5-11-24)20-32-17-2-18-35/h4-5,10-15,22-23,35H,2-3,6-9,16-20H2,1H3.